The van der Waals surface area contributed by atoms with Crippen molar-refractivity contribution < 1.29 is 27.7 Å². The Morgan fingerprint density at radius 2 is 1.69 bits per heavy atom. The number of sulfonamides is 1. The molecule has 0 saturated heterocycles. The van der Waals surface area contributed by atoms with Crippen LogP contribution in [-0.2, 0) is 26.2 Å². The highest BCUT2D eigenvalue weighted by atomic mass is 32.2. The third kappa shape index (κ3) is 8.06. The van der Waals surface area contributed by atoms with Crippen LogP contribution in [0.3, 0.4) is 0 Å². The Hall–Kier alpha value is -4.45. The third-order valence-corrected chi connectivity index (χ3v) is 8.28. The van der Waals surface area contributed by atoms with Crippen LogP contribution < -0.4 is 14.4 Å². The van der Waals surface area contributed by atoms with Gasteiger partial charge in [0.1, 0.15) is 18.3 Å². The van der Waals surface area contributed by atoms with Crippen molar-refractivity contribution in [1.29, 1.82) is 0 Å². The topological polar surface area (TPSA) is 139 Å². The number of amides is 2. The van der Waals surface area contributed by atoms with Gasteiger partial charge in [-0.3, -0.25) is 24.0 Å². The van der Waals surface area contributed by atoms with E-state index in [2.05, 4.69) is 5.32 Å². The predicted octanol–water partition coefficient (Wildman–Crippen LogP) is 4.38. The Bertz CT molecular complexity index is 1500. The number of non-ortho nitro benzene ring substituents is 1. The number of benzene rings is 3. The van der Waals surface area contributed by atoms with Gasteiger partial charge >= 0.3 is 0 Å². The monoisotopic (exact) mass is 596 g/mol. The second kappa shape index (κ2) is 14.4. The molecule has 11 nitrogen and oxygen atoms in total. The lowest BCUT2D eigenvalue weighted by molar-refractivity contribution is -0.384. The van der Waals surface area contributed by atoms with Crippen LogP contribution in [0.4, 0.5) is 11.4 Å². The average Bonchev–Trinajstić information content (AvgIpc) is 2.99. The number of carbonyl (C=O) groups is 2. The molecule has 0 aliphatic carbocycles. The molecule has 12 heteroatoms. The Morgan fingerprint density at radius 1 is 1.00 bits per heavy atom. The van der Waals surface area contributed by atoms with Crippen LogP contribution >= 0.6 is 0 Å². The van der Waals surface area contributed by atoms with E-state index in [1.54, 1.807) is 49.4 Å². The number of hydrogen-bond donors (Lipinski definition) is 1. The van der Waals surface area contributed by atoms with Crippen LogP contribution in [0.15, 0.2) is 83.8 Å². The summed E-state index contributed by atoms with van der Waals surface area (Å²) in [6, 6.07) is 18.7. The zero-order valence-corrected chi connectivity index (χ0v) is 24.9. The highest BCUT2D eigenvalue weighted by Gasteiger charge is 2.34. The molecule has 3 aromatic rings. The van der Waals surface area contributed by atoms with Crippen LogP contribution in [0.25, 0.3) is 0 Å². The molecule has 42 heavy (non-hydrogen) atoms. The van der Waals surface area contributed by atoms with Crippen molar-refractivity contribution in [3.8, 4) is 5.75 Å². The van der Waals surface area contributed by atoms with E-state index < -0.39 is 33.4 Å². The van der Waals surface area contributed by atoms with Crippen LogP contribution in [0, 0.1) is 16.0 Å². The summed E-state index contributed by atoms with van der Waals surface area (Å²) in [6.07, 6.45) is 0.266. The smallest absolute Gasteiger partial charge is 0.271 e. The molecule has 0 spiro atoms. The van der Waals surface area contributed by atoms with Crippen molar-refractivity contribution in [3.63, 3.8) is 0 Å². The molecule has 0 bridgehead atoms. The van der Waals surface area contributed by atoms with Gasteiger partial charge in [0.25, 0.3) is 15.7 Å². The highest BCUT2D eigenvalue weighted by Crippen LogP contribution is 2.28. The molecule has 224 valence electrons. The quantitative estimate of drug-likeness (QED) is 0.215. The van der Waals surface area contributed by atoms with E-state index in [0.29, 0.717) is 17.9 Å². The van der Waals surface area contributed by atoms with Crippen molar-refractivity contribution in [2.24, 2.45) is 5.92 Å². The van der Waals surface area contributed by atoms with Gasteiger partial charge in [-0.15, -0.1) is 0 Å². The summed E-state index contributed by atoms with van der Waals surface area (Å²) in [6.45, 7) is 5.37. The number of methoxy groups -OCH3 is 1. The maximum Gasteiger partial charge on any atom is 0.271 e. The number of ether oxygens (including phenoxy) is 1. The maximum atomic E-state index is 14.1. The minimum absolute atomic E-state index is 0.00218. The number of rotatable bonds is 14. The standard InChI is InChI=1S/C30H36N4O7S/c1-5-28(30(36)31-19-22(2)3)32(20-23-11-9-14-26(17-23)41-4)29(35)21-33(24-12-10-13-25(18-24)34(37)38)42(39,40)27-15-7-6-8-16-27/h6-18,22,28H,5,19-21H2,1-4H3,(H,31,36)/t28-/m1/s1. The number of hydrogen-bond acceptors (Lipinski definition) is 7. The summed E-state index contributed by atoms with van der Waals surface area (Å²) >= 11 is 0. The van der Waals surface area contributed by atoms with E-state index in [0.717, 1.165) is 10.4 Å². The molecular weight excluding hydrogens is 560 g/mol. The fourth-order valence-corrected chi connectivity index (χ4v) is 5.75. The number of carbonyl (C=O) groups excluding carboxylic acids is 2. The lowest BCUT2D eigenvalue weighted by Gasteiger charge is -2.33. The fourth-order valence-electron chi connectivity index (χ4n) is 4.32. The van der Waals surface area contributed by atoms with E-state index in [4.69, 9.17) is 4.74 Å². The minimum atomic E-state index is -4.34. The first kappa shape index (κ1) is 32.1. The van der Waals surface area contributed by atoms with Crippen LogP contribution in [0.5, 0.6) is 5.75 Å². The number of nitrogens with zero attached hydrogens (tertiary/aromatic N) is 3. The van der Waals surface area contributed by atoms with E-state index >= 15 is 0 Å². The zero-order valence-electron chi connectivity index (χ0n) is 24.1. The van der Waals surface area contributed by atoms with Gasteiger partial charge in [0.05, 0.1) is 22.6 Å². The van der Waals surface area contributed by atoms with Gasteiger partial charge in [-0.2, -0.15) is 0 Å². The molecular formula is C30H36N4O7S. The van der Waals surface area contributed by atoms with Gasteiger partial charge < -0.3 is 15.0 Å². The molecule has 0 saturated carbocycles. The molecule has 0 aromatic heterocycles. The summed E-state index contributed by atoms with van der Waals surface area (Å²) in [7, 11) is -2.82. The number of anilines is 1. The molecule has 2 amide bonds. The average molecular weight is 597 g/mol. The number of nitrogens with one attached hydrogen (secondary N) is 1. The van der Waals surface area contributed by atoms with Crippen molar-refractivity contribution >= 4 is 33.2 Å². The minimum Gasteiger partial charge on any atom is -0.497 e. The van der Waals surface area contributed by atoms with E-state index in [1.165, 1.54) is 42.3 Å². The summed E-state index contributed by atoms with van der Waals surface area (Å²) < 4.78 is 33.9. The van der Waals surface area contributed by atoms with Gasteiger partial charge in [-0.25, -0.2) is 8.42 Å². The van der Waals surface area contributed by atoms with Crippen molar-refractivity contribution in [2.45, 2.75) is 44.7 Å². The molecule has 0 aliphatic rings. The first-order valence-electron chi connectivity index (χ1n) is 13.5. The van der Waals surface area contributed by atoms with Crippen molar-refractivity contribution in [1.82, 2.24) is 10.2 Å². The summed E-state index contributed by atoms with van der Waals surface area (Å²) in [5.74, 6) is -0.290. The van der Waals surface area contributed by atoms with E-state index in [1.807, 2.05) is 13.8 Å². The maximum absolute atomic E-state index is 14.1. The summed E-state index contributed by atoms with van der Waals surface area (Å²) in [5, 5.41) is 14.4. The van der Waals surface area contributed by atoms with Gasteiger partial charge in [-0.05, 0) is 48.2 Å². The van der Waals surface area contributed by atoms with Crippen LogP contribution in [0.2, 0.25) is 0 Å². The Kier molecular flexibility index (Phi) is 11.0. The highest BCUT2D eigenvalue weighted by molar-refractivity contribution is 7.92. The van der Waals surface area contributed by atoms with Gasteiger partial charge in [0.15, 0.2) is 0 Å². The SMILES string of the molecule is CC[C@H](C(=O)NCC(C)C)N(Cc1cccc(OC)c1)C(=O)CN(c1cccc([N+](=O)[O-])c1)S(=O)(=O)c1ccccc1. The Morgan fingerprint density at radius 3 is 2.31 bits per heavy atom. The largest absolute Gasteiger partial charge is 0.497 e. The summed E-state index contributed by atoms with van der Waals surface area (Å²) in [5.41, 5.74) is 0.284. The predicted molar refractivity (Wildman–Crippen MR) is 160 cm³/mol. The first-order chi connectivity index (χ1) is 20.0. The Balaban J connectivity index is 2.09. The zero-order chi connectivity index (χ0) is 30.9. The third-order valence-electron chi connectivity index (χ3n) is 6.50. The molecule has 0 heterocycles. The van der Waals surface area contributed by atoms with Gasteiger partial charge in [0.2, 0.25) is 11.8 Å². The molecule has 1 atom stereocenters. The molecule has 1 N–H and O–H groups in total. The molecule has 0 fully saturated rings. The molecule has 3 rings (SSSR count). The van der Waals surface area contributed by atoms with Gasteiger partial charge in [-0.1, -0.05) is 57.2 Å². The lowest BCUT2D eigenvalue weighted by atomic mass is 10.1. The number of nitro benzene ring substituents is 1. The lowest BCUT2D eigenvalue weighted by Crippen LogP contribution is -2.52. The van der Waals surface area contributed by atoms with Gasteiger partial charge in [0, 0.05) is 25.2 Å². The number of nitro groups is 1. The molecule has 0 radical (unpaired) electrons. The van der Waals surface area contributed by atoms with E-state index in [9.17, 15) is 28.1 Å². The second-order valence-electron chi connectivity index (χ2n) is 10.0. The van der Waals surface area contributed by atoms with Crippen LogP contribution in [0.1, 0.15) is 32.8 Å². The van der Waals surface area contributed by atoms with Crippen molar-refractivity contribution in [3.05, 3.63) is 94.5 Å². The Labute approximate surface area is 246 Å². The molecule has 3 aromatic carbocycles. The molecule has 0 unspecified atom stereocenters. The summed E-state index contributed by atoms with van der Waals surface area (Å²) in [4.78, 5) is 39.5. The second-order valence-corrected chi connectivity index (χ2v) is 11.9. The van der Waals surface area contributed by atoms with Crippen LogP contribution in [-0.4, -0.2) is 56.3 Å². The fraction of sp³-hybridized carbons (Fsp3) is 0.333. The first-order valence-corrected chi connectivity index (χ1v) is 14.9. The molecule has 0 aliphatic heterocycles. The van der Waals surface area contributed by atoms with E-state index in [-0.39, 0.29) is 41.1 Å². The normalized spacial score (nSPS) is 11.9. The van der Waals surface area contributed by atoms with Crippen molar-refractivity contribution in [2.75, 3.05) is 24.5 Å².